The van der Waals surface area contributed by atoms with Crippen LogP contribution in [0.3, 0.4) is 0 Å². The highest BCUT2D eigenvalue weighted by Gasteiger charge is 2.14. The third kappa shape index (κ3) is 3.10. The maximum atomic E-state index is 9.35. The summed E-state index contributed by atoms with van der Waals surface area (Å²) in [6, 6.07) is 3.53. The zero-order valence-corrected chi connectivity index (χ0v) is 10.5. The summed E-state index contributed by atoms with van der Waals surface area (Å²) in [6.45, 7) is 3.73. The summed E-state index contributed by atoms with van der Waals surface area (Å²) < 4.78 is 10.2. The van der Waals surface area contributed by atoms with E-state index in [0.717, 1.165) is 0 Å². The summed E-state index contributed by atoms with van der Waals surface area (Å²) in [5.74, 6) is 2.16. The van der Waals surface area contributed by atoms with E-state index in [2.05, 4.69) is 10.1 Å². The van der Waals surface area contributed by atoms with E-state index in [0.29, 0.717) is 23.2 Å². The van der Waals surface area contributed by atoms with E-state index in [9.17, 15) is 5.11 Å². The Bertz CT molecular complexity index is 453. The normalized spacial score (nSPS) is 14.8. The molecule has 0 spiro atoms. The standard InChI is InChI=1S/C11H14N2O3S/c1-7(14)8(2)17-6-10-12-11(16-13-10)9-4-3-5-15-9/h3-5,7-8,14H,6H2,1-2H3. The molecule has 2 rings (SSSR count). The zero-order chi connectivity index (χ0) is 12.3. The summed E-state index contributed by atoms with van der Waals surface area (Å²) in [5, 5.41) is 13.3. The Hall–Kier alpha value is -1.27. The summed E-state index contributed by atoms with van der Waals surface area (Å²) >= 11 is 1.58. The van der Waals surface area contributed by atoms with Crippen LogP contribution in [0.5, 0.6) is 0 Å². The molecule has 6 heteroatoms. The SMILES string of the molecule is CC(O)C(C)SCc1noc(-c2ccco2)n1. The van der Waals surface area contributed by atoms with Crippen LogP contribution in [0.1, 0.15) is 19.7 Å². The van der Waals surface area contributed by atoms with Gasteiger partial charge < -0.3 is 14.0 Å². The summed E-state index contributed by atoms with van der Waals surface area (Å²) in [7, 11) is 0. The van der Waals surface area contributed by atoms with E-state index >= 15 is 0 Å². The molecule has 0 saturated carbocycles. The Morgan fingerprint density at radius 2 is 2.29 bits per heavy atom. The van der Waals surface area contributed by atoms with Gasteiger partial charge in [-0.2, -0.15) is 4.98 Å². The molecular weight excluding hydrogens is 240 g/mol. The number of aromatic nitrogens is 2. The van der Waals surface area contributed by atoms with E-state index in [1.165, 1.54) is 0 Å². The van der Waals surface area contributed by atoms with Gasteiger partial charge in [-0.25, -0.2) is 0 Å². The molecule has 2 unspecified atom stereocenters. The fourth-order valence-electron chi connectivity index (χ4n) is 1.16. The molecule has 17 heavy (non-hydrogen) atoms. The molecule has 0 saturated heterocycles. The van der Waals surface area contributed by atoms with E-state index in [1.807, 2.05) is 6.92 Å². The Labute approximate surface area is 103 Å². The summed E-state index contributed by atoms with van der Waals surface area (Å²) in [6.07, 6.45) is 1.21. The van der Waals surface area contributed by atoms with Crippen LogP contribution in [0, 0.1) is 0 Å². The molecule has 0 aliphatic carbocycles. The molecule has 92 valence electrons. The van der Waals surface area contributed by atoms with Crippen molar-refractivity contribution < 1.29 is 14.0 Å². The van der Waals surface area contributed by atoms with E-state index in [1.54, 1.807) is 37.1 Å². The molecule has 1 N–H and O–H groups in total. The highest BCUT2D eigenvalue weighted by Crippen LogP contribution is 2.21. The highest BCUT2D eigenvalue weighted by atomic mass is 32.2. The van der Waals surface area contributed by atoms with Gasteiger partial charge in [0.15, 0.2) is 11.6 Å². The second-order valence-corrected chi connectivity index (χ2v) is 5.12. The Balaban J connectivity index is 1.95. The molecule has 5 nitrogen and oxygen atoms in total. The molecule has 0 aromatic carbocycles. The molecular formula is C11H14N2O3S. The van der Waals surface area contributed by atoms with Crippen molar-refractivity contribution in [1.29, 1.82) is 0 Å². The Kier molecular flexibility index (Phi) is 3.86. The Morgan fingerprint density at radius 3 is 2.94 bits per heavy atom. The monoisotopic (exact) mass is 254 g/mol. The summed E-state index contributed by atoms with van der Waals surface area (Å²) in [5.41, 5.74) is 0. The molecule has 0 amide bonds. The largest absolute Gasteiger partial charge is 0.459 e. The predicted octanol–water partition coefficient (Wildman–Crippen LogP) is 2.33. The Morgan fingerprint density at radius 1 is 1.47 bits per heavy atom. The van der Waals surface area contributed by atoms with E-state index in [-0.39, 0.29) is 11.4 Å². The highest BCUT2D eigenvalue weighted by molar-refractivity contribution is 7.99. The van der Waals surface area contributed by atoms with Crippen molar-refractivity contribution in [2.75, 3.05) is 0 Å². The predicted molar refractivity (Wildman–Crippen MR) is 64.4 cm³/mol. The number of aliphatic hydroxyl groups excluding tert-OH is 1. The first-order chi connectivity index (χ1) is 8.16. The van der Waals surface area contributed by atoms with Crippen LogP contribution in [0.2, 0.25) is 0 Å². The van der Waals surface area contributed by atoms with Crippen LogP contribution in [-0.2, 0) is 5.75 Å². The zero-order valence-electron chi connectivity index (χ0n) is 9.66. The van der Waals surface area contributed by atoms with Crippen molar-refractivity contribution in [3.05, 3.63) is 24.2 Å². The number of aliphatic hydroxyl groups is 1. The van der Waals surface area contributed by atoms with Gasteiger partial charge in [-0.15, -0.1) is 11.8 Å². The molecule has 0 aliphatic rings. The topological polar surface area (TPSA) is 72.3 Å². The number of thioether (sulfide) groups is 1. The lowest BCUT2D eigenvalue weighted by atomic mass is 10.3. The van der Waals surface area contributed by atoms with Crippen molar-refractivity contribution in [2.24, 2.45) is 0 Å². The lowest BCUT2D eigenvalue weighted by Crippen LogP contribution is -2.15. The lowest BCUT2D eigenvalue weighted by molar-refractivity contribution is 0.196. The summed E-state index contributed by atoms with van der Waals surface area (Å²) in [4.78, 5) is 4.21. The third-order valence-electron chi connectivity index (χ3n) is 2.35. The first kappa shape index (κ1) is 12.2. The molecule has 2 aromatic rings. The van der Waals surface area contributed by atoms with Gasteiger partial charge in [-0.3, -0.25) is 0 Å². The van der Waals surface area contributed by atoms with Crippen LogP contribution in [-0.4, -0.2) is 26.6 Å². The number of rotatable bonds is 5. The first-order valence-electron chi connectivity index (χ1n) is 5.33. The van der Waals surface area contributed by atoms with Crippen molar-refractivity contribution in [2.45, 2.75) is 31.0 Å². The fraction of sp³-hybridized carbons (Fsp3) is 0.455. The van der Waals surface area contributed by atoms with Crippen molar-refractivity contribution in [1.82, 2.24) is 10.1 Å². The second kappa shape index (κ2) is 5.37. The van der Waals surface area contributed by atoms with E-state index in [4.69, 9.17) is 8.94 Å². The molecule has 2 atom stereocenters. The molecule has 0 fully saturated rings. The van der Waals surface area contributed by atoms with Crippen LogP contribution in [0.25, 0.3) is 11.7 Å². The van der Waals surface area contributed by atoms with Crippen LogP contribution < -0.4 is 0 Å². The minimum absolute atomic E-state index is 0.139. The van der Waals surface area contributed by atoms with Gasteiger partial charge in [-0.05, 0) is 19.1 Å². The number of nitrogens with zero attached hydrogens (tertiary/aromatic N) is 2. The maximum Gasteiger partial charge on any atom is 0.293 e. The van der Waals surface area contributed by atoms with Crippen molar-refractivity contribution in [3.8, 4) is 11.7 Å². The van der Waals surface area contributed by atoms with Crippen LogP contribution in [0.4, 0.5) is 0 Å². The fourth-order valence-corrected chi connectivity index (χ4v) is 1.97. The number of hydrogen-bond acceptors (Lipinski definition) is 6. The first-order valence-corrected chi connectivity index (χ1v) is 6.38. The maximum absolute atomic E-state index is 9.35. The second-order valence-electron chi connectivity index (χ2n) is 3.75. The van der Waals surface area contributed by atoms with Gasteiger partial charge in [-0.1, -0.05) is 12.1 Å². The van der Waals surface area contributed by atoms with Gasteiger partial charge in [0.2, 0.25) is 0 Å². The van der Waals surface area contributed by atoms with Gasteiger partial charge in [0.25, 0.3) is 5.89 Å². The number of hydrogen-bond donors (Lipinski definition) is 1. The minimum Gasteiger partial charge on any atom is -0.459 e. The van der Waals surface area contributed by atoms with Crippen molar-refractivity contribution in [3.63, 3.8) is 0 Å². The lowest BCUT2D eigenvalue weighted by Gasteiger charge is -2.11. The van der Waals surface area contributed by atoms with Gasteiger partial charge in [0, 0.05) is 5.25 Å². The van der Waals surface area contributed by atoms with Gasteiger partial charge in [0.1, 0.15) is 0 Å². The smallest absolute Gasteiger partial charge is 0.293 e. The van der Waals surface area contributed by atoms with Crippen molar-refractivity contribution >= 4 is 11.8 Å². The molecule has 0 bridgehead atoms. The quantitative estimate of drug-likeness (QED) is 0.882. The van der Waals surface area contributed by atoms with Gasteiger partial charge in [0.05, 0.1) is 18.1 Å². The van der Waals surface area contributed by atoms with Crippen LogP contribution in [0.15, 0.2) is 27.3 Å². The molecule has 0 aliphatic heterocycles. The van der Waals surface area contributed by atoms with Crippen LogP contribution >= 0.6 is 11.8 Å². The third-order valence-corrected chi connectivity index (χ3v) is 3.70. The average molecular weight is 254 g/mol. The minimum atomic E-state index is -0.351. The van der Waals surface area contributed by atoms with E-state index < -0.39 is 0 Å². The molecule has 2 heterocycles. The average Bonchev–Trinajstić information content (AvgIpc) is 2.95. The van der Waals surface area contributed by atoms with Gasteiger partial charge >= 0.3 is 0 Å². The molecule has 0 radical (unpaired) electrons. The number of furan rings is 1. The molecule has 2 aromatic heterocycles.